The van der Waals surface area contributed by atoms with Crippen molar-refractivity contribution in [1.82, 2.24) is 15.1 Å². The highest BCUT2D eigenvalue weighted by Gasteiger charge is 2.18. The molecule has 0 bridgehead atoms. The molecule has 0 spiro atoms. The fraction of sp³-hybridized carbons (Fsp3) is 0.438. The zero-order valence-corrected chi connectivity index (χ0v) is 13.2. The maximum Gasteiger partial charge on any atom is 0.145 e. The predicted octanol–water partition coefficient (Wildman–Crippen LogP) is 3.98. The molecule has 1 atom stereocenters. The second-order valence-electron chi connectivity index (χ2n) is 5.00. The van der Waals surface area contributed by atoms with Crippen molar-refractivity contribution in [1.29, 1.82) is 0 Å². The van der Waals surface area contributed by atoms with Gasteiger partial charge in [0, 0.05) is 12.7 Å². The zero-order valence-electron chi connectivity index (χ0n) is 12.4. The highest BCUT2D eigenvalue weighted by Crippen LogP contribution is 2.24. The Morgan fingerprint density at radius 1 is 1.33 bits per heavy atom. The van der Waals surface area contributed by atoms with Crippen LogP contribution in [0.4, 0.5) is 4.39 Å². The van der Waals surface area contributed by atoms with Crippen LogP contribution < -0.4 is 5.32 Å². The van der Waals surface area contributed by atoms with E-state index in [9.17, 15) is 4.39 Å². The molecule has 0 saturated heterocycles. The van der Waals surface area contributed by atoms with Gasteiger partial charge in [0.15, 0.2) is 0 Å². The molecule has 0 aliphatic carbocycles. The topological polar surface area (TPSA) is 29.9 Å². The van der Waals surface area contributed by atoms with E-state index < -0.39 is 0 Å². The lowest BCUT2D eigenvalue weighted by molar-refractivity contribution is 0.470. The fourth-order valence-corrected chi connectivity index (χ4v) is 2.62. The fourth-order valence-electron chi connectivity index (χ4n) is 2.43. The minimum absolute atomic E-state index is 0.0281. The number of hydrogen-bond acceptors (Lipinski definition) is 2. The van der Waals surface area contributed by atoms with Crippen LogP contribution >= 0.6 is 11.6 Å². The highest BCUT2D eigenvalue weighted by atomic mass is 35.5. The maximum absolute atomic E-state index is 14.1. The van der Waals surface area contributed by atoms with Crippen LogP contribution in [0.2, 0.25) is 5.02 Å². The first-order valence-electron chi connectivity index (χ1n) is 7.35. The third-order valence-electron chi connectivity index (χ3n) is 3.50. The first-order chi connectivity index (χ1) is 10.2. The van der Waals surface area contributed by atoms with Crippen LogP contribution in [0.5, 0.6) is 0 Å². The third kappa shape index (κ3) is 3.83. The van der Waals surface area contributed by atoms with E-state index in [2.05, 4.69) is 17.3 Å². The summed E-state index contributed by atoms with van der Waals surface area (Å²) >= 11 is 5.87. The number of aryl methyl sites for hydroxylation is 1. The molecule has 0 amide bonds. The summed E-state index contributed by atoms with van der Waals surface area (Å²) < 4.78 is 16.1. The SMILES string of the molecule is CCCNC(Cc1cccc(Cl)c1F)c1ccnn1CC. The molecule has 3 nitrogen and oxygen atoms in total. The van der Waals surface area contributed by atoms with Gasteiger partial charge in [0.25, 0.3) is 0 Å². The normalized spacial score (nSPS) is 12.6. The van der Waals surface area contributed by atoms with Gasteiger partial charge in [-0.25, -0.2) is 4.39 Å². The van der Waals surface area contributed by atoms with Crippen LogP contribution in [0.3, 0.4) is 0 Å². The van der Waals surface area contributed by atoms with Gasteiger partial charge in [0.2, 0.25) is 0 Å². The summed E-state index contributed by atoms with van der Waals surface area (Å²) in [6.07, 6.45) is 3.36. The first kappa shape index (κ1) is 16.0. The predicted molar refractivity (Wildman–Crippen MR) is 84.0 cm³/mol. The number of rotatable bonds is 7. The third-order valence-corrected chi connectivity index (χ3v) is 3.79. The first-order valence-corrected chi connectivity index (χ1v) is 7.73. The van der Waals surface area contributed by atoms with Crippen molar-refractivity contribution >= 4 is 11.6 Å². The van der Waals surface area contributed by atoms with Crippen molar-refractivity contribution in [2.75, 3.05) is 6.54 Å². The Balaban J connectivity index is 2.26. The molecule has 1 unspecified atom stereocenters. The van der Waals surface area contributed by atoms with Crippen molar-refractivity contribution in [2.24, 2.45) is 0 Å². The molecule has 2 aromatic rings. The van der Waals surface area contributed by atoms with Crippen molar-refractivity contribution in [3.8, 4) is 0 Å². The quantitative estimate of drug-likeness (QED) is 0.838. The average molecular weight is 310 g/mol. The van der Waals surface area contributed by atoms with Crippen molar-refractivity contribution < 1.29 is 4.39 Å². The molecule has 0 aliphatic heterocycles. The second-order valence-corrected chi connectivity index (χ2v) is 5.40. The summed E-state index contributed by atoms with van der Waals surface area (Å²) in [5.41, 5.74) is 1.70. The molecule has 0 fully saturated rings. The van der Waals surface area contributed by atoms with E-state index in [1.165, 1.54) is 0 Å². The van der Waals surface area contributed by atoms with Crippen LogP contribution in [-0.4, -0.2) is 16.3 Å². The average Bonchev–Trinajstić information content (AvgIpc) is 2.96. The molecule has 5 heteroatoms. The van der Waals surface area contributed by atoms with Crippen molar-refractivity contribution in [2.45, 2.75) is 39.3 Å². The van der Waals surface area contributed by atoms with Gasteiger partial charge >= 0.3 is 0 Å². The number of nitrogens with one attached hydrogen (secondary N) is 1. The van der Waals surface area contributed by atoms with E-state index in [4.69, 9.17) is 11.6 Å². The standard InChI is InChI=1S/C16H21ClFN3/c1-3-9-19-14(15-8-10-20-21(15)4-2)11-12-6-5-7-13(17)16(12)18/h5-8,10,14,19H,3-4,9,11H2,1-2H3. The number of halogens is 2. The lowest BCUT2D eigenvalue weighted by Crippen LogP contribution is -2.27. The molecular formula is C16H21ClFN3. The Labute approximate surface area is 130 Å². The number of benzene rings is 1. The smallest absolute Gasteiger partial charge is 0.145 e. The number of hydrogen-bond donors (Lipinski definition) is 1. The minimum Gasteiger partial charge on any atom is -0.308 e. The zero-order chi connectivity index (χ0) is 15.2. The summed E-state index contributed by atoms with van der Waals surface area (Å²) in [6.45, 7) is 5.83. The summed E-state index contributed by atoms with van der Waals surface area (Å²) in [5, 5.41) is 7.95. The van der Waals surface area contributed by atoms with E-state index in [0.717, 1.165) is 25.2 Å². The lowest BCUT2D eigenvalue weighted by Gasteiger charge is -2.20. The lowest BCUT2D eigenvalue weighted by atomic mass is 10.0. The Morgan fingerprint density at radius 2 is 2.14 bits per heavy atom. The Bertz CT molecular complexity index is 583. The summed E-state index contributed by atoms with van der Waals surface area (Å²) in [5.74, 6) is -0.329. The molecule has 0 saturated carbocycles. The second kappa shape index (κ2) is 7.57. The van der Waals surface area contributed by atoms with Gasteiger partial charge in [0.1, 0.15) is 5.82 Å². The monoisotopic (exact) mass is 309 g/mol. The van der Waals surface area contributed by atoms with E-state index in [-0.39, 0.29) is 16.9 Å². The molecular weight excluding hydrogens is 289 g/mol. The molecule has 1 N–H and O–H groups in total. The van der Waals surface area contributed by atoms with E-state index >= 15 is 0 Å². The molecule has 0 aliphatic rings. The van der Waals surface area contributed by atoms with Crippen molar-refractivity contribution in [3.05, 3.63) is 52.6 Å². The Hall–Kier alpha value is -1.39. The minimum atomic E-state index is -0.329. The van der Waals surface area contributed by atoms with E-state index in [1.54, 1.807) is 24.4 Å². The number of nitrogens with zero attached hydrogens (tertiary/aromatic N) is 2. The van der Waals surface area contributed by atoms with Crippen molar-refractivity contribution in [3.63, 3.8) is 0 Å². The number of aromatic nitrogens is 2. The maximum atomic E-state index is 14.1. The van der Waals surface area contributed by atoms with Crippen LogP contribution in [0, 0.1) is 5.82 Å². The van der Waals surface area contributed by atoms with Gasteiger partial charge in [-0.05, 0) is 44.0 Å². The molecule has 114 valence electrons. The van der Waals surface area contributed by atoms with E-state index in [1.807, 2.05) is 17.7 Å². The largest absolute Gasteiger partial charge is 0.308 e. The molecule has 21 heavy (non-hydrogen) atoms. The summed E-state index contributed by atoms with van der Waals surface area (Å²) in [4.78, 5) is 0. The van der Waals surface area contributed by atoms with Gasteiger partial charge < -0.3 is 5.32 Å². The van der Waals surface area contributed by atoms with Crippen LogP contribution in [-0.2, 0) is 13.0 Å². The van der Waals surface area contributed by atoms with Gasteiger partial charge in [-0.2, -0.15) is 5.10 Å². The molecule has 2 rings (SSSR count). The molecule has 1 aromatic heterocycles. The summed E-state index contributed by atoms with van der Waals surface area (Å²) in [6, 6.07) is 7.16. The Morgan fingerprint density at radius 3 is 2.86 bits per heavy atom. The van der Waals surface area contributed by atoms with Gasteiger partial charge in [-0.3, -0.25) is 4.68 Å². The van der Waals surface area contributed by atoms with Gasteiger partial charge in [-0.15, -0.1) is 0 Å². The Kier molecular flexibility index (Phi) is 5.76. The molecule has 1 heterocycles. The van der Waals surface area contributed by atoms with Crippen LogP contribution in [0.25, 0.3) is 0 Å². The van der Waals surface area contributed by atoms with Crippen LogP contribution in [0.1, 0.15) is 37.6 Å². The summed E-state index contributed by atoms with van der Waals surface area (Å²) in [7, 11) is 0. The van der Waals surface area contributed by atoms with E-state index in [0.29, 0.717) is 12.0 Å². The van der Waals surface area contributed by atoms with Crippen LogP contribution in [0.15, 0.2) is 30.5 Å². The highest BCUT2D eigenvalue weighted by molar-refractivity contribution is 6.30. The molecule has 0 radical (unpaired) electrons. The van der Waals surface area contributed by atoms with Gasteiger partial charge in [-0.1, -0.05) is 30.7 Å². The molecule has 1 aromatic carbocycles. The van der Waals surface area contributed by atoms with Gasteiger partial charge in [0.05, 0.1) is 16.8 Å².